The zero-order valence-corrected chi connectivity index (χ0v) is 23.3. The van der Waals surface area contributed by atoms with Gasteiger partial charge in [-0.1, -0.05) is 110 Å². The molecule has 0 spiro atoms. The third-order valence-electron chi connectivity index (χ3n) is 7.89. The summed E-state index contributed by atoms with van der Waals surface area (Å²) in [6, 6.07) is 36.6. The average Bonchev–Trinajstić information content (AvgIpc) is 3.00. The van der Waals surface area contributed by atoms with Crippen molar-refractivity contribution in [1.82, 2.24) is 10.3 Å². The van der Waals surface area contributed by atoms with Crippen LogP contribution in [0.4, 0.5) is 0 Å². The normalized spacial score (nSPS) is 13.6. The van der Waals surface area contributed by atoms with Crippen molar-refractivity contribution >= 4 is 21.5 Å². The molecule has 5 rings (SSSR count). The van der Waals surface area contributed by atoms with E-state index in [9.17, 15) is 0 Å². The zero-order valence-electron chi connectivity index (χ0n) is 23.3. The summed E-state index contributed by atoms with van der Waals surface area (Å²) in [6.07, 6.45) is 5.04. The van der Waals surface area contributed by atoms with Crippen LogP contribution in [-0.2, 0) is 0 Å². The van der Waals surface area contributed by atoms with E-state index >= 15 is 0 Å². The van der Waals surface area contributed by atoms with E-state index in [1.54, 1.807) is 0 Å². The minimum atomic E-state index is -0.112. The second-order valence-electron chi connectivity index (χ2n) is 10.3. The van der Waals surface area contributed by atoms with Gasteiger partial charge in [-0.3, -0.25) is 4.98 Å². The number of allylic oxidation sites excluding steroid dienone is 3. The number of fused-ring (bicyclic) bond motifs is 3. The number of nitrogens with zero attached hydrogens (tertiary/aromatic N) is 1. The third kappa shape index (κ3) is 5.52. The second-order valence-corrected chi connectivity index (χ2v) is 10.3. The fraction of sp³-hybridized carbons (Fsp3) is 0.216. The Morgan fingerprint density at radius 2 is 1.51 bits per heavy atom. The summed E-state index contributed by atoms with van der Waals surface area (Å²) < 4.78 is 0. The van der Waals surface area contributed by atoms with Crippen LogP contribution in [0.25, 0.3) is 32.8 Å². The molecule has 0 aliphatic rings. The average molecular weight is 511 g/mol. The Hall–Kier alpha value is -4.17. The summed E-state index contributed by atoms with van der Waals surface area (Å²) in [5.41, 5.74) is 7.08. The number of benzene rings is 4. The molecule has 0 aliphatic heterocycles. The van der Waals surface area contributed by atoms with E-state index in [1.165, 1.54) is 38.4 Å². The molecule has 2 unspecified atom stereocenters. The van der Waals surface area contributed by atoms with Gasteiger partial charge in [-0.15, -0.1) is 6.58 Å². The standard InChI is InChI=1S/C37H38N2/c1-5-16-27(7-3)36(26(4)6-2)39-37(35-24-15-23-34(38-35)28-17-9-8-10-18-28)33-25-29-19-11-12-20-30(29)31-21-13-14-22-32(31)33/h5,8-15,17-25,27,37,39H,1,6-7,16H2,2-4H3/b36-26-. The first kappa shape index (κ1) is 26.4. The first-order chi connectivity index (χ1) is 19.1. The van der Waals surface area contributed by atoms with Crippen LogP contribution >= 0.6 is 0 Å². The van der Waals surface area contributed by atoms with Crippen LogP contribution < -0.4 is 5.32 Å². The Morgan fingerprint density at radius 3 is 2.23 bits per heavy atom. The molecule has 2 heteroatoms. The first-order valence-electron chi connectivity index (χ1n) is 14.1. The van der Waals surface area contributed by atoms with Gasteiger partial charge in [-0.05, 0) is 71.5 Å². The molecule has 0 radical (unpaired) electrons. The van der Waals surface area contributed by atoms with Gasteiger partial charge in [0.2, 0.25) is 0 Å². The molecular weight excluding hydrogens is 472 g/mol. The maximum atomic E-state index is 5.27. The number of pyridine rings is 1. The van der Waals surface area contributed by atoms with Gasteiger partial charge in [0.15, 0.2) is 0 Å². The van der Waals surface area contributed by atoms with Gasteiger partial charge in [0.25, 0.3) is 0 Å². The fourth-order valence-corrected chi connectivity index (χ4v) is 5.64. The lowest BCUT2D eigenvalue weighted by molar-refractivity contribution is 0.512. The summed E-state index contributed by atoms with van der Waals surface area (Å²) in [5.74, 6) is 0.383. The lowest BCUT2D eigenvalue weighted by Gasteiger charge is -2.29. The summed E-state index contributed by atoms with van der Waals surface area (Å²) in [7, 11) is 0. The van der Waals surface area contributed by atoms with Crippen molar-refractivity contribution in [3.63, 3.8) is 0 Å². The van der Waals surface area contributed by atoms with Gasteiger partial charge in [-0.2, -0.15) is 0 Å². The molecule has 0 saturated heterocycles. The predicted molar refractivity (Wildman–Crippen MR) is 168 cm³/mol. The van der Waals surface area contributed by atoms with Crippen molar-refractivity contribution in [3.8, 4) is 11.3 Å². The van der Waals surface area contributed by atoms with E-state index in [1.807, 2.05) is 12.1 Å². The molecule has 1 heterocycles. The molecule has 0 saturated carbocycles. The molecule has 0 amide bonds. The Balaban J connectivity index is 1.76. The maximum absolute atomic E-state index is 5.27. The lowest BCUT2D eigenvalue weighted by Crippen LogP contribution is -2.28. The number of aromatic nitrogens is 1. The van der Waals surface area contributed by atoms with Crippen LogP contribution in [-0.4, -0.2) is 4.98 Å². The van der Waals surface area contributed by atoms with Gasteiger partial charge in [0.05, 0.1) is 17.4 Å². The van der Waals surface area contributed by atoms with Crippen molar-refractivity contribution in [1.29, 1.82) is 0 Å². The van der Waals surface area contributed by atoms with E-state index in [0.29, 0.717) is 5.92 Å². The first-order valence-corrected chi connectivity index (χ1v) is 14.1. The molecule has 1 aromatic heterocycles. The molecule has 2 nitrogen and oxygen atoms in total. The highest BCUT2D eigenvalue weighted by molar-refractivity contribution is 6.09. The van der Waals surface area contributed by atoms with Gasteiger partial charge in [0, 0.05) is 17.2 Å². The fourth-order valence-electron chi connectivity index (χ4n) is 5.64. The lowest BCUT2D eigenvalue weighted by atomic mass is 9.89. The second kappa shape index (κ2) is 12.1. The summed E-state index contributed by atoms with van der Waals surface area (Å²) in [5, 5.41) is 9.13. The molecule has 4 aromatic carbocycles. The molecule has 1 N–H and O–H groups in total. The number of rotatable bonds is 10. The van der Waals surface area contributed by atoms with Gasteiger partial charge in [-0.25, -0.2) is 0 Å². The molecule has 0 bridgehead atoms. The third-order valence-corrected chi connectivity index (χ3v) is 7.89. The van der Waals surface area contributed by atoms with Crippen LogP contribution in [0.2, 0.25) is 0 Å². The quantitative estimate of drug-likeness (QED) is 0.149. The smallest absolute Gasteiger partial charge is 0.0944 e. The van der Waals surface area contributed by atoms with Crippen molar-refractivity contribution in [2.75, 3.05) is 0 Å². The maximum Gasteiger partial charge on any atom is 0.0944 e. The number of hydrogen-bond donors (Lipinski definition) is 1. The Kier molecular flexibility index (Phi) is 8.22. The molecule has 0 fully saturated rings. The van der Waals surface area contributed by atoms with Crippen LogP contribution in [0.15, 0.2) is 127 Å². The van der Waals surface area contributed by atoms with Gasteiger partial charge >= 0.3 is 0 Å². The number of hydrogen-bond acceptors (Lipinski definition) is 2. The van der Waals surface area contributed by atoms with E-state index in [0.717, 1.165) is 36.2 Å². The topological polar surface area (TPSA) is 24.9 Å². The van der Waals surface area contributed by atoms with Crippen LogP contribution in [0.3, 0.4) is 0 Å². The van der Waals surface area contributed by atoms with E-state index in [2.05, 4.69) is 130 Å². The highest BCUT2D eigenvalue weighted by atomic mass is 15.0. The van der Waals surface area contributed by atoms with Crippen molar-refractivity contribution in [2.45, 2.75) is 46.1 Å². The van der Waals surface area contributed by atoms with Crippen LogP contribution in [0.5, 0.6) is 0 Å². The number of nitrogens with one attached hydrogen (secondary N) is 1. The summed E-state index contributed by atoms with van der Waals surface area (Å²) in [6.45, 7) is 10.8. The van der Waals surface area contributed by atoms with E-state index in [-0.39, 0.29) is 6.04 Å². The molecular formula is C37H38N2. The van der Waals surface area contributed by atoms with Crippen molar-refractivity contribution in [2.24, 2.45) is 5.92 Å². The van der Waals surface area contributed by atoms with Crippen LogP contribution in [0, 0.1) is 5.92 Å². The molecule has 39 heavy (non-hydrogen) atoms. The predicted octanol–water partition coefficient (Wildman–Crippen LogP) is 10.0. The highest BCUT2D eigenvalue weighted by Gasteiger charge is 2.24. The van der Waals surface area contributed by atoms with E-state index in [4.69, 9.17) is 4.98 Å². The monoisotopic (exact) mass is 510 g/mol. The van der Waals surface area contributed by atoms with Crippen molar-refractivity contribution in [3.05, 3.63) is 138 Å². The molecule has 0 aliphatic carbocycles. The molecule has 5 aromatic rings. The minimum absolute atomic E-state index is 0.112. The Morgan fingerprint density at radius 1 is 0.821 bits per heavy atom. The zero-order chi connectivity index (χ0) is 27.2. The summed E-state index contributed by atoms with van der Waals surface area (Å²) in [4.78, 5) is 5.27. The van der Waals surface area contributed by atoms with Gasteiger partial charge in [0.1, 0.15) is 0 Å². The Bertz CT molecular complexity index is 1610. The Labute approximate surface area is 233 Å². The van der Waals surface area contributed by atoms with Gasteiger partial charge < -0.3 is 5.32 Å². The van der Waals surface area contributed by atoms with E-state index < -0.39 is 0 Å². The minimum Gasteiger partial charge on any atom is -0.376 e. The largest absolute Gasteiger partial charge is 0.376 e. The SMILES string of the molecule is C=CCC(CC)/C(NC(c1cccc(-c2ccccc2)n1)c1cc2ccccc2c2ccccc12)=C(\C)CC. The molecule has 196 valence electrons. The summed E-state index contributed by atoms with van der Waals surface area (Å²) >= 11 is 0. The van der Waals surface area contributed by atoms with Crippen molar-refractivity contribution < 1.29 is 0 Å². The molecule has 2 atom stereocenters. The highest BCUT2D eigenvalue weighted by Crippen LogP contribution is 2.36. The van der Waals surface area contributed by atoms with Crippen LogP contribution in [0.1, 0.15) is 57.3 Å².